The first-order valence-corrected chi connectivity index (χ1v) is 6.36. The number of nitrogens with one attached hydrogen (secondary N) is 2. The Labute approximate surface area is 99.5 Å². The predicted octanol–water partition coefficient (Wildman–Crippen LogP) is 3.12. The van der Waals surface area contributed by atoms with Crippen molar-refractivity contribution in [1.82, 2.24) is 5.32 Å². The lowest BCUT2D eigenvalue weighted by Gasteiger charge is -2.13. The topological polar surface area (TPSA) is 24.1 Å². The van der Waals surface area contributed by atoms with Crippen LogP contribution >= 0.6 is 0 Å². The highest BCUT2D eigenvalue weighted by Gasteiger charge is 2.01. The van der Waals surface area contributed by atoms with Crippen LogP contribution in [0.5, 0.6) is 0 Å². The van der Waals surface area contributed by atoms with Crippen molar-refractivity contribution in [1.29, 1.82) is 0 Å². The monoisotopic (exact) mass is 220 g/mol. The molecule has 0 saturated heterocycles. The minimum Gasteiger partial charge on any atom is -0.384 e. The van der Waals surface area contributed by atoms with E-state index in [1.807, 2.05) is 6.07 Å². The molecule has 90 valence electrons. The van der Waals surface area contributed by atoms with E-state index in [1.165, 1.54) is 18.5 Å². The third kappa shape index (κ3) is 5.17. The summed E-state index contributed by atoms with van der Waals surface area (Å²) in [5.41, 5.74) is 1.20. The van der Waals surface area contributed by atoms with Gasteiger partial charge in [-0.3, -0.25) is 0 Å². The molecule has 0 aliphatic heterocycles. The molecule has 0 radical (unpaired) electrons. The maximum atomic E-state index is 3.50. The third-order valence-corrected chi connectivity index (χ3v) is 2.99. The van der Waals surface area contributed by atoms with E-state index in [9.17, 15) is 0 Å². The summed E-state index contributed by atoms with van der Waals surface area (Å²) in [6.07, 6.45) is 2.55. The molecule has 0 aliphatic rings. The highest BCUT2D eigenvalue weighted by molar-refractivity contribution is 5.42. The fourth-order valence-corrected chi connectivity index (χ4v) is 1.73. The summed E-state index contributed by atoms with van der Waals surface area (Å²) in [4.78, 5) is 0. The average molecular weight is 220 g/mol. The Morgan fingerprint density at radius 1 is 1.00 bits per heavy atom. The van der Waals surface area contributed by atoms with E-state index >= 15 is 0 Å². The first-order chi connectivity index (χ1) is 7.86. The lowest BCUT2D eigenvalue weighted by Crippen LogP contribution is -2.27. The Bertz CT molecular complexity index is 255. The van der Waals surface area contributed by atoms with E-state index in [0.29, 0.717) is 0 Å². The second kappa shape index (κ2) is 8.17. The Morgan fingerprint density at radius 3 is 2.31 bits per heavy atom. The van der Waals surface area contributed by atoms with Crippen LogP contribution in [0.1, 0.15) is 26.7 Å². The van der Waals surface area contributed by atoms with Gasteiger partial charge in [0.15, 0.2) is 0 Å². The Kier molecular flexibility index (Phi) is 6.66. The van der Waals surface area contributed by atoms with E-state index in [0.717, 1.165) is 25.6 Å². The standard InChI is InChI=1S/C14H24N2/c1-3-13(4-2)12-15-10-11-16-14-8-6-5-7-9-14/h5-9,13,15-16H,3-4,10-12H2,1-2H3. The van der Waals surface area contributed by atoms with Crippen molar-refractivity contribution in [3.05, 3.63) is 30.3 Å². The van der Waals surface area contributed by atoms with Crippen LogP contribution in [0.15, 0.2) is 30.3 Å². The molecule has 2 heteroatoms. The lowest BCUT2D eigenvalue weighted by atomic mass is 10.0. The van der Waals surface area contributed by atoms with Crippen molar-refractivity contribution in [3.63, 3.8) is 0 Å². The van der Waals surface area contributed by atoms with Gasteiger partial charge in [0.1, 0.15) is 0 Å². The predicted molar refractivity (Wildman–Crippen MR) is 71.9 cm³/mol. The lowest BCUT2D eigenvalue weighted by molar-refractivity contribution is 0.454. The molecular weight excluding hydrogens is 196 g/mol. The zero-order chi connectivity index (χ0) is 11.6. The van der Waals surface area contributed by atoms with Gasteiger partial charge in [0, 0.05) is 18.8 Å². The minimum absolute atomic E-state index is 0.830. The number of para-hydroxylation sites is 1. The molecule has 0 unspecified atom stereocenters. The summed E-state index contributed by atoms with van der Waals surface area (Å²) in [6.45, 7) is 7.69. The molecule has 1 aromatic rings. The number of hydrogen-bond acceptors (Lipinski definition) is 2. The van der Waals surface area contributed by atoms with Crippen molar-refractivity contribution >= 4 is 5.69 Å². The van der Waals surface area contributed by atoms with Crippen molar-refractivity contribution in [2.24, 2.45) is 5.92 Å². The molecule has 16 heavy (non-hydrogen) atoms. The molecular formula is C14H24N2. The summed E-state index contributed by atoms with van der Waals surface area (Å²) < 4.78 is 0. The van der Waals surface area contributed by atoms with Gasteiger partial charge < -0.3 is 10.6 Å². The Balaban J connectivity index is 2.04. The fourth-order valence-electron chi connectivity index (χ4n) is 1.73. The molecule has 0 amide bonds. The van der Waals surface area contributed by atoms with Crippen LogP contribution in [-0.4, -0.2) is 19.6 Å². The molecule has 0 saturated carbocycles. The second-order valence-corrected chi connectivity index (χ2v) is 4.18. The van der Waals surface area contributed by atoms with Gasteiger partial charge in [0.2, 0.25) is 0 Å². The number of hydrogen-bond donors (Lipinski definition) is 2. The van der Waals surface area contributed by atoms with Gasteiger partial charge in [-0.15, -0.1) is 0 Å². The van der Waals surface area contributed by atoms with E-state index in [4.69, 9.17) is 0 Å². The van der Waals surface area contributed by atoms with Crippen LogP contribution in [0.3, 0.4) is 0 Å². The van der Waals surface area contributed by atoms with E-state index in [1.54, 1.807) is 0 Å². The molecule has 0 spiro atoms. The van der Waals surface area contributed by atoms with Gasteiger partial charge in [-0.1, -0.05) is 44.9 Å². The average Bonchev–Trinajstić information content (AvgIpc) is 2.35. The first kappa shape index (κ1) is 13.0. The van der Waals surface area contributed by atoms with Gasteiger partial charge in [-0.25, -0.2) is 0 Å². The summed E-state index contributed by atoms with van der Waals surface area (Å²) in [7, 11) is 0. The van der Waals surface area contributed by atoms with E-state index < -0.39 is 0 Å². The van der Waals surface area contributed by atoms with Crippen LogP contribution in [0, 0.1) is 5.92 Å². The first-order valence-electron chi connectivity index (χ1n) is 6.36. The maximum Gasteiger partial charge on any atom is 0.0340 e. The summed E-state index contributed by atoms with van der Waals surface area (Å²) in [5.74, 6) is 0.830. The van der Waals surface area contributed by atoms with Gasteiger partial charge >= 0.3 is 0 Å². The van der Waals surface area contributed by atoms with Crippen LogP contribution in [0.4, 0.5) is 5.69 Å². The molecule has 2 nitrogen and oxygen atoms in total. The molecule has 0 atom stereocenters. The molecule has 2 N–H and O–H groups in total. The molecule has 0 aliphatic carbocycles. The quantitative estimate of drug-likeness (QED) is 0.658. The van der Waals surface area contributed by atoms with Gasteiger partial charge in [-0.2, -0.15) is 0 Å². The van der Waals surface area contributed by atoms with Crippen molar-refractivity contribution in [2.45, 2.75) is 26.7 Å². The number of benzene rings is 1. The SMILES string of the molecule is CCC(CC)CNCCNc1ccccc1. The molecule has 1 rings (SSSR count). The number of anilines is 1. The molecule has 0 bridgehead atoms. The molecule has 0 fully saturated rings. The molecule has 0 aromatic heterocycles. The number of rotatable bonds is 8. The second-order valence-electron chi connectivity index (χ2n) is 4.18. The Hall–Kier alpha value is -1.02. The zero-order valence-electron chi connectivity index (χ0n) is 10.5. The summed E-state index contributed by atoms with van der Waals surface area (Å²) in [6, 6.07) is 10.3. The Morgan fingerprint density at radius 2 is 1.69 bits per heavy atom. The van der Waals surface area contributed by atoms with Gasteiger partial charge in [0.25, 0.3) is 0 Å². The smallest absolute Gasteiger partial charge is 0.0340 e. The van der Waals surface area contributed by atoms with Crippen molar-refractivity contribution < 1.29 is 0 Å². The molecule has 1 aromatic carbocycles. The van der Waals surface area contributed by atoms with Crippen LogP contribution in [-0.2, 0) is 0 Å². The minimum atomic E-state index is 0.830. The summed E-state index contributed by atoms with van der Waals surface area (Å²) >= 11 is 0. The van der Waals surface area contributed by atoms with Crippen molar-refractivity contribution in [2.75, 3.05) is 25.0 Å². The highest BCUT2D eigenvalue weighted by atomic mass is 14.9. The van der Waals surface area contributed by atoms with Crippen LogP contribution in [0.2, 0.25) is 0 Å². The van der Waals surface area contributed by atoms with Crippen molar-refractivity contribution in [3.8, 4) is 0 Å². The van der Waals surface area contributed by atoms with Gasteiger partial charge in [0.05, 0.1) is 0 Å². The largest absolute Gasteiger partial charge is 0.384 e. The fraction of sp³-hybridized carbons (Fsp3) is 0.571. The third-order valence-electron chi connectivity index (χ3n) is 2.99. The van der Waals surface area contributed by atoms with E-state index in [-0.39, 0.29) is 0 Å². The molecule has 0 heterocycles. The van der Waals surface area contributed by atoms with Crippen LogP contribution < -0.4 is 10.6 Å². The zero-order valence-corrected chi connectivity index (χ0v) is 10.5. The normalized spacial score (nSPS) is 10.7. The van der Waals surface area contributed by atoms with E-state index in [2.05, 4.69) is 48.7 Å². The maximum absolute atomic E-state index is 3.50. The highest BCUT2D eigenvalue weighted by Crippen LogP contribution is 2.05. The van der Waals surface area contributed by atoms with Gasteiger partial charge in [-0.05, 0) is 24.6 Å². The summed E-state index contributed by atoms with van der Waals surface area (Å²) in [5, 5.41) is 6.89. The van der Waals surface area contributed by atoms with Crippen LogP contribution in [0.25, 0.3) is 0 Å².